The Morgan fingerprint density at radius 2 is 2.38 bits per heavy atom. The molecule has 1 N–H and O–H groups in total. The zero-order valence-electron chi connectivity index (χ0n) is 6.76. The van der Waals surface area contributed by atoms with Crippen LogP contribution in [-0.2, 0) is 4.74 Å². The van der Waals surface area contributed by atoms with Crippen LogP contribution >= 0.6 is 27.3 Å². The van der Waals surface area contributed by atoms with Crippen molar-refractivity contribution < 1.29 is 9.53 Å². The molecule has 68 valence electrons. The van der Waals surface area contributed by atoms with Crippen molar-refractivity contribution in [1.29, 1.82) is 0 Å². The lowest BCUT2D eigenvalue weighted by Crippen LogP contribution is -2.00. The van der Waals surface area contributed by atoms with Gasteiger partial charge < -0.3 is 9.72 Å². The number of fused-ring (bicyclic) bond motifs is 1. The minimum absolute atomic E-state index is 0.334. The maximum atomic E-state index is 11.1. The first-order valence-electron chi connectivity index (χ1n) is 3.57. The molecule has 2 rings (SSSR count). The van der Waals surface area contributed by atoms with E-state index >= 15 is 0 Å². The highest BCUT2D eigenvalue weighted by Crippen LogP contribution is 2.29. The molecule has 0 bridgehead atoms. The van der Waals surface area contributed by atoms with E-state index in [-0.39, 0.29) is 5.97 Å². The maximum absolute atomic E-state index is 11.1. The fourth-order valence-electron chi connectivity index (χ4n) is 1.11. The summed E-state index contributed by atoms with van der Waals surface area (Å²) >= 11 is 4.94. The van der Waals surface area contributed by atoms with E-state index in [0.717, 1.165) is 14.0 Å². The molecular weight excluding hydrogens is 254 g/mol. The van der Waals surface area contributed by atoms with Gasteiger partial charge in [0.1, 0.15) is 5.69 Å². The van der Waals surface area contributed by atoms with Gasteiger partial charge in [-0.3, -0.25) is 0 Å². The summed E-state index contributed by atoms with van der Waals surface area (Å²) < 4.78 is 6.68. The number of aromatic amines is 1. The van der Waals surface area contributed by atoms with Crippen molar-refractivity contribution in [1.82, 2.24) is 4.98 Å². The monoisotopic (exact) mass is 259 g/mol. The molecular formula is C8H6BrNO2S. The lowest BCUT2D eigenvalue weighted by Gasteiger charge is -1.92. The number of H-pyrrole nitrogens is 1. The Kier molecular flexibility index (Phi) is 2.13. The van der Waals surface area contributed by atoms with Gasteiger partial charge in [-0.15, -0.1) is 11.3 Å². The van der Waals surface area contributed by atoms with Gasteiger partial charge >= 0.3 is 5.97 Å². The Bertz CT molecular complexity index is 428. The highest BCUT2D eigenvalue weighted by molar-refractivity contribution is 9.11. The third-order valence-electron chi connectivity index (χ3n) is 1.68. The number of hydrogen-bond donors (Lipinski definition) is 1. The number of aromatic nitrogens is 1. The van der Waals surface area contributed by atoms with Gasteiger partial charge in [0.15, 0.2) is 0 Å². The molecule has 5 heteroatoms. The largest absolute Gasteiger partial charge is 0.464 e. The standard InChI is InChI=1S/C8H6BrNO2S/c1-12-8(11)5-2-6-4(10-5)3-7(9)13-6/h2-3,10H,1H3. The first kappa shape index (κ1) is 8.77. The van der Waals surface area contributed by atoms with Gasteiger partial charge in [-0.2, -0.15) is 0 Å². The normalized spacial score (nSPS) is 10.6. The number of halogens is 1. The minimum atomic E-state index is -0.334. The van der Waals surface area contributed by atoms with Crippen LogP contribution in [0.3, 0.4) is 0 Å². The van der Waals surface area contributed by atoms with Crippen molar-refractivity contribution in [3.05, 3.63) is 21.6 Å². The number of ether oxygens (including phenoxy) is 1. The second kappa shape index (κ2) is 3.16. The average Bonchev–Trinajstić information content (AvgIpc) is 2.59. The zero-order chi connectivity index (χ0) is 9.42. The summed E-state index contributed by atoms with van der Waals surface area (Å²) in [5, 5.41) is 0. The Morgan fingerprint density at radius 1 is 1.62 bits per heavy atom. The van der Waals surface area contributed by atoms with E-state index in [0.29, 0.717) is 5.69 Å². The van der Waals surface area contributed by atoms with E-state index in [1.807, 2.05) is 6.07 Å². The molecule has 0 aromatic carbocycles. The van der Waals surface area contributed by atoms with Crippen molar-refractivity contribution in [2.45, 2.75) is 0 Å². The summed E-state index contributed by atoms with van der Waals surface area (Å²) in [5.41, 5.74) is 1.45. The summed E-state index contributed by atoms with van der Waals surface area (Å²) in [6.45, 7) is 0. The molecule has 3 nitrogen and oxygen atoms in total. The highest BCUT2D eigenvalue weighted by atomic mass is 79.9. The van der Waals surface area contributed by atoms with Gasteiger partial charge in [-0.05, 0) is 28.1 Å². The van der Waals surface area contributed by atoms with Gasteiger partial charge in [0.2, 0.25) is 0 Å². The molecule has 0 unspecified atom stereocenters. The predicted octanol–water partition coefficient (Wildman–Crippen LogP) is 2.78. The van der Waals surface area contributed by atoms with E-state index in [2.05, 4.69) is 25.7 Å². The molecule has 2 aromatic rings. The number of carbonyl (C=O) groups is 1. The van der Waals surface area contributed by atoms with Crippen LogP contribution in [0.1, 0.15) is 10.5 Å². The van der Waals surface area contributed by atoms with Crippen LogP contribution in [0, 0.1) is 0 Å². The number of thiophene rings is 1. The van der Waals surface area contributed by atoms with Crippen molar-refractivity contribution in [2.75, 3.05) is 7.11 Å². The first-order chi connectivity index (χ1) is 6.20. The number of esters is 1. The molecule has 0 saturated heterocycles. The second-order valence-corrected chi connectivity index (χ2v) is 4.97. The van der Waals surface area contributed by atoms with Crippen LogP contribution in [0.2, 0.25) is 0 Å². The molecule has 2 heterocycles. The Morgan fingerprint density at radius 3 is 3.00 bits per heavy atom. The summed E-state index contributed by atoms with van der Waals surface area (Å²) in [6.07, 6.45) is 0. The van der Waals surface area contributed by atoms with Gasteiger partial charge in [-0.25, -0.2) is 4.79 Å². The molecule has 0 saturated carbocycles. The van der Waals surface area contributed by atoms with Crippen LogP contribution < -0.4 is 0 Å². The number of hydrogen-bond acceptors (Lipinski definition) is 3. The number of carbonyl (C=O) groups excluding carboxylic acids is 1. The first-order valence-corrected chi connectivity index (χ1v) is 5.18. The third kappa shape index (κ3) is 1.49. The second-order valence-electron chi connectivity index (χ2n) is 2.50. The van der Waals surface area contributed by atoms with Gasteiger partial charge in [-0.1, -0.05) is 0 Å². The van der Waals surface area contributed by atoms with E-state index in [9.17, 15) is 4.79 Å². The minimum Gasteiger partial charge on any atom is -0.464 e. The van der Waals surface area contributed by atoms with Gasteiger partial charge in [0.25, 0.3) is 0 Å². The van der Waals surface area contributed by atoms with Crippen LogP contribution in [-0.4, -0.2) is 18.1 Å². The molecule has 0 aliphatic carbocycles. The summed E-state index contributed by atoms with van der Waals surface area (Å²) in [5.74, 6) is -0.334. The van der Waals surface area contributed by atoms with Gasteiger partial charge in [0.05, 0.1) is 21.1 Å². The van der Waals surface area contributed by atoms with E-state index in [4.69, 9.17) is 0 Å². The Balaban J connectivity index is 2.51. The third-order valence-corrected chi connectivity index (χ3v) is 3.27. The quantitative estimate of drug-likeness (QED) is 0.801. The van der Waals surface area contributed by atoms with E-state index < -0.39 is 0 Å². The molecule has 0 aliphatic rings. The average molecular weight is 260 g/mol. The highest BCUT2D eigenvalue weighted by Gasteiger charge is 2.10. The fraction of sp³-hybridized carbons (Fsp3) is 0.125. The smallest absolute Gasteiger partial charge is 0.354 e. The molecule has 0 atom stereocenters. The Labute approximate surface area is 86.8 Å². The number of methoxy groups -OCH3 is 1. The van der Waals surface area contributed by atoms with Crippen molar-refractivity contribution in [2.24, 2.45) is 0 Å². The predicted molar refractivity (Wildman–Crippen MR) is 55.2 cm³/mol. The maximum Gasteiger partial charge on any atom is 0.354 e. The molecule has 0 fully saturated rings. The van der Waals surface area contributed by atoms with Crippen molar-refractivity contribution in [3.8, 4) is 0 Å². The molecule has 13 heavy (non-hydrogen) atoms. The number of nitrogens with one attached hydrogen (secondary N) is 1. The van der Waals surface area contributed by atoms with Crippen LogP contribution in [0.25, 0.3) is 10.2 Å². The molecule has 0 amide bonds. The molecule has 0 radical (unpaired) electrons. The van der Waals surface area contributed by atoms with Crippen LogP contribution in [0.4, 0.5) is 0 Å². The molecule has 2 aromatic heterocycles. The lowest BCUT2D eigenvalue weighted by atomic mass is 10.4. The lowest BCUT2D eigenvalue weighted by molar-refractivity contribution is 0.0595. The number of rotatable bonds is 1. The topological polar surface area (TPSA) is 42.1 Å². The molecule has 0 aliphatic heterocycles. The fourth-order valence-corrected chi connectivity index (χ4v) is 2.65. The summed E-state index contributed by atoms with van der Waals surface area (Å²) in [6, 6.07) is 3.73. The van der Waals surface area contributed by atoms with Crippen LogP contribution in [0.15, 0.2) is 15.9 Å². The van der Waals surface area contributed by atoms with Crippen LogP contribution in [0.5, 0.6) is 0 Å². The SMILES string of the molecule is COC(=O)c1cc2sc(Br)cc2[nH]1. The van der Waals surface area contributed by atoms with Crippen molar-refractivity contribution >= 4 is 43.5 Å². The Hall–Kier alpha value is -0.810. The van der Waals surface area contributed by atoms with Gasteiger partial charge in [0, 0.05) is 0 Å². The van der Waals surface area contributed by atoms with Crippen molar-refractivity contribution in [3.63, 3.8) is 0 Å². The van der Waals surface area contributed by atoms with E-state index in [1.165, 1.54) is 7.11 Å². The summed E-state index contributed by atoms with van der Waals surface area (Å²) in [7, 11) is 1.37. The van der Waals surface area contributed by atoms with E-state index in [1.54, 1.807) is 17.4 Å². The summed E-state index contributed by atoms with van der Waals surface area (Å²) in [4.78, 5) is 14.1. The molecule has 0 spiro atoms. The zero-order valence-corrected chi connectivity index (χ0v) is 9.16.